The summed E-state index contributed by atoms with van der Waals surface area (Å²) in [6.45, 7) is 2.29. The topological polar surface area (TPSA) is 72.3 Å². The third-order valence-electron chi connectivity index (χ3n) is 4.53. The van der Waals surface area contributed by atoms with Crippen LogP contribution in [-0.2, 0) is 11.8 Å². The molecule has 0 spiro atoms. The number of nitrogens with zero attached hydrogens (tertiary/aromatic N) is 4. The number of hydrogen-bond acceptors (Lipinski definition) is 5. The number of amides is 1. The SMILES string of the molecule is CN1C[C@@H](NC(=O)CCCOc2cccnc2)[C@H](c2cncn2C)C1. The predicted molar refractivity (Wildman–Crippen MR) is 94.3 cm³/mol. The van der Waals surface area contributed by atoms with E-state index in [9.17, 15) is 4.79 Å². The van der Waals surface area contributed by atoms with Gasteiger partial charge in [-0.3, -0.25) is 9.78 Å². The van der Waals surface area contributed by atoms with Crippen LogP contribution in [0.2, 0.25) is 0 Å². The summed E-state index contributed by atoms with van der Waals surface area (Å²) >= 11 is 0. The zero-order valence-electron chi connectivity index (χ0n) is 14.8. The number of carbonyl (C=O) groups excluding carboxylic acids is 1. The maximum Gasteiger partial charge on any atom is 0.220 e. The van der Waals surface area contributed by atoms with Gasteiger partial charge in [-0.15, -0.1) is 0 Å². The maximum absolute atomic E-state index is 12.3. The lowest BCUT2D eigenvalue weighted by molar-refractivity contribution is -0.122. The number of ether oxygens (including phenoxy) is 1. The molecule has 2 atom stereocenters. The summed E-state index contributed by atoms with van der Waals surface area (Å²) in [5.74, 6) is 1.08. The Balaban J connectivity index is 1.46. The van der Waals surface area contributed by atoms with Crippen LogP contribution in [0.5, 0.6) is 5.75 Å². The van der Waals surface area contributed by atoms with Crippen molar-refractivity contribution >= 4 is 5.91 Å². The van der Waals surface area contributed by atoms with Crippen molar-refractivity contribution in [2.75, 3.05) is 26.7 Å². The molecule has 0 radical (unpaired) electrons. The van der Waals surface area contributed by atoms with Crippen molar-refractivity contribution in [2.24, 2.45) is 7.05 Å². The smallest absolute Gasteiger partial charge is 0.220 e. The molecule has 7 heteroatoms. The summed E-state index contributed by atoms with van der Waals surface area (Å²) in [7, 11) is 4.08. The van der Waals surface area contributed by atoms with Gasteiger partial charge >= 0.3 is 0 Å². The van der Waals surface area contributed by atoms with Gasteiger partial charge in [0.15, 0.2) is 0 Å². The summed E-state index contributed by atoms with van der Waals surface area (Å²) < 4.78 is 7.61. The highest BCUT2D eigenvalue weighted by Gasteiger charge is 2.34. The summed E-state index contributed by atoms with van der Waals surface area (Å²) in [6.07, 6.45) is 8.22. The molecule has 2 aromatic rings. The van der Waals surface area contributed by atoms with Crippen molar-refractivity contribution in [3.8, 4) is 5.75 Å². The molecule has 1 aliphatic heterocycles. The Hall–Kier alpha value is -2.41. The number of aromatic nitrogens is 3. The Kier molecular flexibility index (Phi) is 5.65. The largest absolute Gasteiger partial charge is 0.492 e. The zero-order valence-corrected chi connectivity index (χ0v) is 14.8. The molecule has 0 saturated carbocycles. The van der Waals surface area contributed by atoms with E-state index < -0.39 is 0 Å². The van der Waals surface area contributed by atoms with E-state index >= 15 is 0 Å². The average molecular weight is 343 g/mol. The van der Waals surface area contributed by atoms with Gasteiger partial charge < -0.3 is 19.5 Å². The minimum Gasteiger partial charge on any atom is -0.492 e. The molecule has 3 heterocycles. The van der Waals surface area contributed by atoms with E-state index in [0.29, 0.717) is 19.4 Å². The fourth-order valence-electron chi connectivity index (χ4n) is 3.31. The van der Waals surface area contributed by atoms with E-state index in [0.717, 1.165) is 24.5 Å². The Labute approximate surface area is 148 Å². The van der Waals surface area contributed by atoms with Gasteiger partial charge in [0.2, 0.25) is 5.91 Å². The first-order valence-corrected chi connectivity index (χ1v) is 8.60. The highest BCUT2D eigenvalue weighted by atomic mass is 16.5. The van der Waals surface area contributed by atoms with Crippen LogP contribution >= 0.6 is 0 Å². The van der Waals surface area contributed by atoms with Crippen molar-refractivity contribution in [3.05, 3.63) is 42.7 Å². The Morgan fingerprint density at radius 3 is 2.92 bits per heavy atom. The van der Waals surface area contributed by atoms with Gasteiger partial charge in [0.25, 0.3) is 0 Å². The van der Waals surface area contributed by atoms with Crippen molar-refractivity contribution < 1.29 is 9.53 Å². The van der Waals surface area contributed by atoms with Crippen LogP contribution in [0.1, 0.15) is 24.5 Å². The van der Waals surface area contributed by atoms with Crippen molar-refractivity contribution in [2.45, 2.75) is 24.8 Å². The lowest BCUT2D eigenvalue weighted by atomic mass is 10.00. The van der Waals surface area contributed by atoms with Gasteiger partial charge in [-0.2, -0.15) is 0 Å². The lowest BCUT2D eigenvalue weighted by Crippen LogP contribution is -2.40. The number of likely N-dealkylation sites (tertiary alicyclic amines) is 1. The van der Waals surface area contributed by atoms with Gasteiger partial charge in [0.05, 0.1) is 25.2 Å². The second-order valence-electron chi connectivity index (χ2n) is 6.57. The Bertz CT molecular complexity index is 688. The quantitative estimate of drug-likeness (QED) is 0.765. The highest BCUT2D eigenvalue weighted by molar-refractivity contribution is 5.76. The van der Waals surface area contributed by atoms with Crippen LogP contribution in [0.15, 0.2) is 37.1 Å². The highest BCUT2D eigenvalue weighted by Crippen LogP contribution is 2.26. The van der Waals surface area contributed by atoms with E-state index in [1.165, 1.54) is 0 Å². The number of carbonyl (C=O) groups is 1. The molecule has 1 saturated heterocycles. The fraction of sp³-hybridized carbons (Fsp3) is 0.500. The van der Waals surface area contributed by atoms with Crippen molar-refractivity contribution in [1.82, 2.24) is 24.8 Å². The summed E-state index contributed by atoms with van der Waals surface area (Å²) in [4.78, 5) is 22.7. The third-order valence-corrected chi connectivity index (χ3v) is 4.53. The van der Waals surface area contributed by atoms with Crippen LogP contribution in [0, 0.1) is 0 Å². The van der Waals surface area contributed by atoms with E-state index in [1.807, 2.05) is 36.3 Å². The summed E-state index contributed by atoms with van der Waals surface area (Å²) in [5.41, 5.74) is 1.16. The molecule has 1 N–H and O–H groups in total. The van der Waals surface area contributed by atoms with Crippen LogP contribution in [0.4, 0.5) is 0 Å². The van der Waals surface area contributed by atoms with Crippen LogP contribution in [0.25, 0.3) is 0 Å². The third kappa shape index (κ3) is 4.57. The first-order chi connectivity index (χ1) is 12.1. The summed E-state index contributed by atoms with van der Waals surface area (Å²) in [5, 5.41) is 3.18. The normalized spacial score (nSPS) is 20.6. The van der Waals surface area contributed by atoms with Crippen LogP contribution in [0.3, 0.4) is 0 Å². The Morgan fingerprint density at radius 2 is 2.20 bits per heavy atom. The van der Waals surface area contributed by atoms with Gasteiger partial charge in [-0.1, -0.05) is 0 Å². The minimum atomic E-state index is 0.0715. The average Bonchev–Trinajstić information content (AvgIpc) is 3.17. The van der Waals surface area contributed by atoms with Gasteiger partial charge in [-0.05, 0) is 25.6 Å². The molecule has 0 aliphatic carbocycles. The fourth-order valence-corrected chi connectivity index (χ4v) is 3.31. The van der Waals surface area contributed by atoms with E-state index in [-0.39, 0.29) is 17.9 Å². The van der Waals surface area contributed by atoms with E-state index in [1.54, 1.807) is 12.4 Å². The maximum atomic E-state index is 12.3. The molecular formula is C18H25N5O2. The second-order valence-corrected chi connectivity index (χ2v) is 6.57. The molecular weight excluding hydrogens is 318 g/mol. The molecule has 1 amide bonds. The van der Waals surface area contributed by atoms with Crippen molar-refractivity contribution in [1.29, 1.82) is 0 Å². The molecule has 0 bridgehead atoms. The number of likely N-dealkylation sites (N-methyl/N-ethyl adjacent to an activating group) is 1. The zero-order chi connectivity index (χ0) is 17.6. The number of nitrogens with one attached hydrogen (secondary N) is 1. The number of pyridine rings is 1. The van der Waals surface area contributed by atoms with Gasteiger partial charge in [0, 0.05) is 50.6 Å². The van der Waals surface area contributed by atoms with Gasteiger partial charge in [-0.25, -0.2) is 4.98 Å². The molecule has 25 heavy (non-hydrogen) atoms. The van der Waals surface area contributed by atoms with E-state index in [4.69, 9.17) is 4.74 Å². The summed E-state index contributed by atoms with van der Waals surface area (Å²) in [6, 6.07) is 3.81. The van der Waals surface area contributed by atoms with Crippen molar-refractivity contribution in [3.63, 3.8) is 0 Å². The first kappa shape index (κ1) is 17.4. The molecule has 3 rings (SSSR count). The van der Waals surface area contributed by atoms with E-state index in [2.05, 4.69) is 27.2 Å². The van der Waals surface area contributed by atoms with Crippen LogP contribution in [-0.4, -0.2) is 58.1 Å². The number of aryl methyl sites for hydroxylation is 1. The molecule has 1 fully saturated rings. The van der Waals surface area contributed by atoms with Crippen LogP contribution < -0.4 is 10.1 Å². The number of imidazole rings is 1. The minimum absolute atomic E-state index is 0.0715. The monoisotopic (exact) mass is 343 g/mol. The van der Waals surface area contributed by atoms with Gasteiger partial charge in [0.1, 0.15) is 5.75 Å². The standard InChI is InChI=1S/C18H25N5O2/c1-22-11-15(17-10-20-13-23(17)2)16(12-22)21-18(24)6-4-8-25-14-5-3-7-19-9-14/h3,5,7,9-10,13,15-16H,4,6,8,11-12H2,1-2H3,(H,21,24)/t15-,16-/m1/s1. The predicted octanol–water partition coefficient (Wildman–Crippen LogP) is 1.19. The molecule has 0 aromatic carbocycles. The number of hydrogen-bond donors (Lipinski definition) is 1. The molecule has 7 nitrogen and oxygen atoms in total. The molecule has 0 unspecified atom stereocenters. The number of rotatable bonds is 7. The molecule has 2 aromatic heterocycles. The Morgan fingerprint density at radius 1 is 1.32 bits per heavy atom. The lowest BCUT2D eigenvalue weighted by Gasteiger charge is -2.20. The first-order valence-electron chi connectivity index (χ1n) is 8.60. The molecule has 134 valence electrons. The second kappa shape index (κ2) is 8.11. The molecule has 1 aliphatic rings.